The number of aliphatic hydroxyl groups is 1. The van der Waals surface area contributed by atoms with E-state index in [0.717, 1.165) is 38.9 Å². The van der Waals surface area contributed by atoms with Gasteiger partial charge in [0.05, 0.1) is 20.1 Å². The molecule has 1 aromatic heterocycles. The Morgan fingerprint density at radius 1 is 1.14 bits per heavy atom. The van der Waals surface area contributed by atoms with Crippen LogP contribution in [-0.4, -0.2) is 34.9 Å². The van der Waals surface area contributed by atoms with E-state index >= 15 is 4.39 Å². The molecule has 1 aliphatic heterocycles. The van der Waals surface area contributed by atoms with Crippen molar-refractivity contribution < 1.29 is 33.0 Å². The van der Waals surface area contributed by atoms with Gasteiger partial charge in [-0.1, -0.05) is 17.3 Å². The van der Waals surface area contributed by atoms with Crippen molar-refractivity contribution in [3.8, 4) is 34.0 Å². The number of ether oxygens (including phenoxy) is 3. The molecule has 218 valence electrons. The Labute approximate surface area is 243 Å². The lowest BCUT2D eigenvalue weighted by atomic mass is 9.89. The van der Waals surface area contributed by atoms with Crippen molar-refractivity contribution in [3.63, 3.8) is 0 Å². The predicted molar refractivity (Wildman–Crippen MR) is 153 cm³/mol. The lowest BCUT2D eigenvalue weighted by molar-refractivity contribution is -0.141. The molecule has 4 aromatic rings. The second kappa shape index (κ2) is 10.5. The number of fused-ring (bicyclic) bond motifs is 2. The molecule has 2 heterocycles. The summed E-state index contributed by atoms with van der Waals surface area (Å²) in [6, 6.07) is 12.9. The summed E-state index contributed by atoms with van der Waals surface area (Å²) in [5.74, 6) is 1.20. The lowest BCUT2D eigenvalue weighted by Crippen LogP contribution is -2.15. The largest absolute Gasteiger partial charge is 0.492 e. The summed E-state index contributed by atoms with van der Waals surface area (Å²) in [5, 5.41) is 14.3. The fourth-order valence-corrected chi connectivity index (χ4v) is 6.08. The van der Waals surface area contributed by atoms with E-state index in [9.17, 15) is 9.90 Å². The van der Waals surface area contributed by atoms with Crippen molar-refractivity contribution in [1.82, 2.24) is 10.1 Å². The summed E-state index contributed by atoms with van der Waals surface area (Å²) in [7, 11) is 1.38. The van der Waals surface area contributed by atoms with Gasteiger partial charge in [0, 0.05) is 28.7 Å². The summed E-state index contributed by atoms with van der Waals surface area (Å²) in [4.78, 5) is 16.1. The van der Waals surface area contributed by atoms with Crippen molar-refractivity contribution in [2.75, 3.05) is 13.7 Å². The summed E-state index contributed by atoms with van der Waals surface area (Å²) in [5.41, 5.74) is 6.01. The standard InChI is InChI=1S/C33H33FN2O6/c1-17-12-19(31-35-32(42-36-31)33(3,4)38)13-18(2)29(17)23-8-10-25(34)30-24(23)9-11-26(30)41-21-6-7-22-20(14-28(37)39-5)16-40-27(22)15-21/h6-8,10,12-13,15,20,26,38H,9,11,14,16H2,1-5H3. The van der Waals surface area contributed by atoms with Crippen LogP contribution >= 0.6 is 0 Å². The first-order chi connectivity index (χ1) is 20.0. The van der Waals surface area contributed by atoms with Crippen molar-refractivity contribution in [2.45, 2.75) is 64.6 Å². The zero-order valence-electron chi connectivity index (χ0n) is 24.3. The van der Waals surface area contributed by atoms with Crippen molar-refractivity contribution in [2.24, 2.45) is 0 Å². The van der Waals surface area contributed by atoms with Gasteiger partial charge < -0.3 is 23.8 Å². The third kappa shape index (κ3) is 5.02. The average Bonchev–Trinajstić information content (AvgIpc) is 3.69. The van der Waals surface area contributed by atoms with Crippen LogP contribution in [0.1, 0.15) is 72.4 Å². The van der Waals surface area contributed by atoms with Gasteiger partial charge in [-0.2, -0.15) is 4.98 Å². The monoisotopic (exact) mass is 572 g/mol. The Morgan fingerprint density at radius 3 is 2.60 bits per heavy atom. The van der Waals surface area contributed by atoms with Crippen LogP contribution in [0.3, 0.4) is 0 Å². The van der Waals surface area contributed by atoms with Crippen molar-refractivity contribution in [3.05, 3.63) is 82.0 Å². The highest BCUT2D eigenvalue weighted by molar-refractivity contribution is 5.78. The van der Waals surface area contributed by atoms with E-state index in [1.165, 1.54) is 13.2 Å². The summed E-state index contributed by atoms with van der Waals surface area (Å²) < 4.78 is 37.6. The Bertz CT molecular complexity index is 1670. The van der Waals surface area contributed by atoms with Gasteiger partial charge in [-0.15, -0.1) is 0 Å². The molecule has 0 amide bonds. The molecule has 8 nitrogen and oxygen atoms in total. The molecule has 0 saturated heterocycles. The van der Waals surface area contributed by atoms with E-state index in [4.69, 9.17) is 18.7 Å². The number of aromatic nitrogens is 2. The van der Waals surface area contributed by atoms with Crippen LogP contribution in [0.15, 0.2) is 47.0 Å². The van der Waals surface area contributed by atoms with E-state index in [0.29, 0.717) is 42.3 Å². The third-order valence-electron chi connectivity index (χ3n) is 8.08. The van der Waals surface area contributed by atoms with E-state index in [-0.39, 0.29) is 30.0 Å². The molecule has 3 aromatic carbocycles. The first-order valence-corrected chi connectivity index (χ1v) is 14.0. The number of halogens is 1. The predicted octanol–water partition coefficient (Wildman–Crippen LogP) is 6.49. The normalized spacial score (nSPS) is 17.5. The molecule has 0 bridgehead atoms. The molecule has 0 radical (unpaired) electrons. The number of nitrogens with zero attached hydrogens (tertiary/aromatic N) is 2. The highest BCUT2D eigenvalue weighted by Crippen LogP contribution is 2.45. The number of hydrogen-bond acceptors (Lipinski definition) is 8. The van der Waals surface area contributed by atoms with E-state index in [1.54, 1.807) is 13.8 Å². The minimum atomic E-state index is -1.23. The molecule has 2 aliphatic rings. The number of aryl methyl sites for hydroxylation is 2. The maximum absolute atomic E-state index is 15.4. The van der Waals surface area contributed by atoms with Crippen LogP contribution in [0.25, 0.3) is 22.5 Å². The van der Waals surface area contributed by atoms with E-state index in [1.807, 2.05) is 50.2 Å². The highest BCUT2D eigenvalue weighted by Gasteiger charge is 2.32. The fraction of sp³-hybridized carbons (Fsp3) is 0.364. The minimum Gasteiger partial charge on any atom is -0.492 e. The van der Waals surface area contributed by atoms with Crippen LogP contribution in [0.4, 0.5) is 4.39 Å². The molecule has 1 aliphatic carbocycles. The van der Waals surface area contributed by atoms with Gasteiger partial charge in [0.1, 0.15) is 29.0 Å². The summed E-state index contributed by atoms with van der Waals surface area (Å²) in [6.07, 6.45) is 1.13. The van der Waals surface area contributed by atoms with Gasteiger partial charge in [-0.05, 0) is 92.6 Å². The van der Waals surface area contributed by atoms with Gasteiger partial charge in [0.2, 0.25) is 5.82 Å². The third-order valence-corrected chi connectivity index (χ3v) is 8.08. The Balaban J connectivity index is 1.28. The summed E-state index contributed by atoms with van der Waals surface area (Å²) >= 11 is 0. The molecule has 2 unspecified atom stereocenters. The van der Waals surface area contributed by atoms with Crippen LogP contribution in [0, 0.1) is 19.7 Å². The topological polar surface area (TPSA) is 104 Å². The Hall–Kier alpha value is -4.24. The molecule has 0 spiro atoms. The molecule has 0 fully saturated rings. The van der Waals surface area contributed by atoms with Crippen LogP contribution in [0.5, 0.6) is 11.5 Å². The quantitative estimate of drug-likeness (QED) is 0.251. The molecule has 9 heteroatoms. The van der Waals surface area contributed by atoms with Crippen molar-refractivity contribution >= 4 is 5.97 Å². The average molecular weight is 573 g/mol. The first-order valence-electron chi connectivity index (χ1n) is 14.0. The molecule has 0 saturated carbocycles. The van der Waals surface area contributed by atoms with E-state index in [2.05, 4.69) is 10.1 Å². The fourth-order valence-electron chi connectivity index (χ4n) is 6.08. The van der Waals surface area contributed by atoms with E-state index < -0.39 is 11.7 Å². The van der Waals surface area contributed by atoms with Crippen LogP contribution in [-0.2, 0) is 21.6 Å². The van der Waals surface area contributed by atoms with Gasteiger partial charge >= 0.3 is 5.97 Å². The zero-order chi connectivity index (χ0) is 29.8. The summed E-state index contributed by atoms with van der Waals surface area (Å²) in [6.45, 7) is 7.62. The molecule has 42 heavy (non-hydrogen) atoms. The first kappa shape index (κ1) is 27.9. The second-order valence-electron chi connectivity index (χ2n) is 11.6. The molecule has 2 atom stereocenters. The Kier molecular flexibility index (Phi) is 7.01. The number of hydrogen-bond donors (Lipinski definition) is 1. The maximum atomic E-state index is 15.4. The highest BCUT2D eigenvalue weighted by atomic mass is 19.1. The zero-order valence-corrected chi connectivity index (χ0v) is 24.3. The molecular formula is C33H33FN2O6. The number of benzene rings is 3. The number of methoxy groups -OCH3 is 1. The molecule has 6 rings (SSSR count). The number of carbonyl (C=O) groups is 1. The minimum absolute atomic E-state index is 0.0600. The maximum Gasteiger partial charge on any atom is 0.306 e. The molecule has 1 N–H and O–H groups in total. The van der Waals surface area contributed by atoms with Crippen LogP contribution < -0.4 is 9.47 Å². The smallest absolute Gasteiger partial charge is 0.306 e. The lowest BCUT2D eigenvalue weighted by Gasteiger charge is -2.19. The van der Waals surface area contributed by atoms with Gasteiger partial charge in [0.15, 0.2) is 0 Å². The Morgan fingerprint density at radius 2 is 1.90 bits per heavy atom. The van der Waals surface area contributed by atoms with Gasteiger partial charge in [-0.25, -0.2) is 4.39 Å². The van der Waals surface area contributed by atoms with Gasteiger partial charge in [-0.3, -0.25) is 4.79 Å². The van der Waals surface area contributed by atoms with Gasteiger partial charge in [0.25, 0.3) is 5.89 Å². The number of carbonyl (C=O) groups excluding carboxylic acids is 1. The van der Waals surface area contributed by atoms with Crippen molar-refractivity contribution in [1.29, 1.82) is 0 Å². The SMILES string of the molecule is COC(=O)CC1COc2cc(OC3CCc4c(-c5c(C)cc(-c6noc(C(C)(C)O)n6)cc5C)ccc(F)c43)ccc21. The van der Waals surface area contributed by atoms with Crippen LogP contribution in [0.2, 0.25) is 0 Å². The second-order valence-corrected chi connectivity index (χ2v) is 11.6. The number of esters is 1. The molecular weight excluding hydrogens is 539 g/mol. The number of rotatable bonds is 7.